The van der Waals surface area contributed by atoms with E-state index in [-0.39, 0.29) is 0 Å². The van der Waals surface area contributed by atoms with Gasteiger partial charge in [0.25, 0.3) is 0 Å². The van der Waals surface area contributed by atoms with Gasteiger partial charge in [0.15, 0.2) is 0 Å². The van der Waals surface area contributed by atoms with Gasteiger partial charge in [-0.3, -0.25) is 9.98 Å². The van der Waals surface area contributed by atoms with Crippen molar-refractivity contribution < 1.29 is 0 Å². The highest BCUT2D eigenvalue weighted by atomic mass is 15.2. The number of likely N-dealkylation sites (tertiary alicyclic amines) is 1. The molecule has 0 amide bonds. The molecule has 2 fully saturated rings. The highest BCUT2D eigenvalue weighted by molar-refractivity contribution is 6.11. The van der Waals surface area contributed by atoms with Gasteiger partial charge in [0, 0.05) is 31.5 Å². The van der Waals surface area contributed by atoms with Crippen molar-refractivity contribution in [1.82, 2.24) is 4.90 Å². The Morgan fingerprint density at radius 3 is 2.32 bits per heavy atom. The summed E-state index contributed by atoms with van der Waals surface area (Å²) in [6, 6.07) is 0. The lowest BCUT2D eigenvalue weighted by Gasteiger charge is -2.21. The summed E-state index contributed by atoms with van der Waals surface area (Å²) < 4.78 is 0. The number of aliphatic imine (C=N–C) groups is 2. The van der Waals surface area contributed by atoms with E-state index in [1.54, 1.807) is 5.57 Å². The maximum atomic E-state index is 5.30. The van der Waals surface area contributed by atoms with Crippen LogP contribution in [0.25, 0.3) is 0 Å². The molecule has 2 atom stereocenters. The standard InChI is InChI=1S/C34H53N3/c1-11-26(7)32(17-16-31(12-2)37-19-18-29(23-37)20-24(3)4)36-34(22-28(9)30-14-13-15-30)33(35-10)21-27(8)25(5)6/h12,16-17,21-22,24,26,29H,5,11,13-15,18-20,23H2,1-4,6-10H3/b17-16-,27-21+,31-12+,34-22-,35-33+,36-32-/t26?,29-/m1/s1. The smallest absolute Gasteiger partial charge is 0.0887 e. The lowest BCUT2D eigenvalue weighted by atomic mass is 9.88. The fraction of sp³-hybridized carbons (Fsp3) is 0.588. The average Bonchev–Trinajstić information content (AvgIpc) is 3.26. The lowest BCUT2D eigenvalue weighted by molar-refractivity contribution is 0.379. The van der Waals surface area contributed by atoms with E-state index in [4.69, 9.17) is 4.99 Å². The third kappa shape index (κ3) is 9.43. The molecule has 1 heterocycles. The van der Waals surface area contributed by atoms with Crippen molar-refractivity contribution in [3.8, 4) is 0 Å². The molecule has 2 rings (SSSR count). The summed E-state index contributed by atoms with van der Waals surface area (Å²) in [6.07, 6.45) is 18.5. The molecule has 1 saturated carbocycles. The Morgan fingerprint density at radius 2 is 1.81 bits per heavy atom. The van der Waals surface area contributed by atoms with Gasteiger partial charge in [-0.25, -0.2) is 0 Å². The number of hydrogen-bond donors (Lipinski definition) is 0. The summed E-state index contributed by atoms with van der Waals surface area (Å²) in [7, 11) is 1.87. The monoisotopic (exact) mass is 503 g/mol. The second-order valence-corrected chi connectivity index (χ2v) is 11.5. The summed E-state index contributed by atoms with van der Waals surface area (Å²) in [5.41, 5.74) is 9.35. The topological polar surface area (TPSA) is 28.0 Å². The highest BCUT2D eigenvalue weighted by Gasteiger charge is 2.23. The molecule has 1 unspecified atom stereocenters. The van der Waals surface area contributed by atoms with E-state index in [1.165, 1.54) is 43.4 Å². The quantitative estimate of drug-likeness (QED) is 0.193. The van der Waals surface area contributed by atoms with Crippen LogP contribution in [0.5, 0.6) is 0 Å². The summed E-state index contributed by atoms with van der Waals surface area (Å²) in [5.74, 6) is 1.92. The first-order valence-electron chi connectivity index (χ1n) is 14.5. The fourth-order valence-corrected chi connectivity index (χ4v) is 4.94. The molecule has 0 spiro atoms. The first kappa shape index (κ1) is 30.8. The van der Waals surface area contributed by atoms with Crippen LogP contribution in [0.15, 0.2) is 80.6 Å². The van der Waals surface area contributed by atoms with Gasteiger partial charge in [0.05, 0.1) is 11.4 Å². The van der Waals surface area contributed by atoms with E-state index < -0.39 is 0 Å². The third-order valence-electron chi connectivity index (χ3n) is 7.94. The van der Waals surface area contributed by atoms with Gasteiger partial charge in [-0.1, -0.05) is 51.5 Å². The van der Waals surface area contributed by atoms with Gasteiger partial charge in [-0.15, -0.1) is 0 Å². The van der Waals surface area contributed by atoms with Gasteiger partial charge in [-0.2, -0.15) is 0 Å². The molecule has 0 radical (unpaired) electrons. The van der Waals surface area contributed by atoms with Crippen molar-refractivity contribution in [2.75, 3.05) is 20.1 Å². The number of hydrogen-bond acceptors (Lipinski definition) is 3. The van der Waals surface area contributed by atoms with Crippen LogP contribution in [0, 0.1) is 17.8 Å². The minimum atomic E-state index is 0.353. The number of allylic oxidation sites excluding steroid dienone is 9. The molecule has 204 valence electrons. The number of nitrogens with zero attached hydrogens (tertiary/aromatic N) is 3. The molecule has 3 nitrogen and oxygen atoms in total. The van der Waals surface area contributed by atoms with E-state index in [0.717, 1.165) is 59.6 Å². The maximum absolute atomic E-state index is 5.30. The Kier molecular flexibility index (Phi) is 12.6. The van der Waals surface area contributed by atoms with E-state index in [9.17, 15) is 0 Å². The molecule has 1 aliphatic heterocycles. The zero-order chi connectivity index (χ0) is 27.5. The lowest BCUT2D eigenvalue weighted by Crippen LogP contribution is -2.20. The van der Waals surface area contributed by atoms with Crippen LogP contribution in [0.3, 0.4) is 0 Å². The first-order valence-corrected chi connectivity index (χ1v) is 14.5. The van der Waals surface area contributed by atoms with Crippen molar-refractivity contribution in [2.45, 2.75) is 93.9 Å². The zero-order valence-electron chi connectivity index (χ0n) is 25.3. The van der Waals surface area contributed by atoms with Crippen LogP contribution >= 0.6 is 0 Å². The molecule has 0 bridgehead atoms. The van der Waals surface area contributed by atoms with Crippen molar-refractivity contribution in [3.63, 3.8) is 0 Å². The molecular weight excluding hydrogens is 450 g/mol. The van der Waals surface area contributed by atoms with Crippen molar-refractivity contribution in [1.29, 1.82) is 0 Å². The molecule has 1 aliphatic carbocycles. The Bertz CT molecular complexity index is 1000. The van der Waals surface area contributed by atoms with E-state index in [1.807, 2.05) is 14.0 Å². The highest BCUT2D eigenvalue weighted by Crippen LogP contribution is 2.30. The largest absolute Gasteiger partial charge is 0.372 e. The van der Waals surface area contributed by atoms with Gasteiger partial charge in [0.1, 0.15) is 0 Å². The third-order valence-corrected chi connectivity index (χ3v) is 7.94. The van der Waals surface area contributed by atoms with Crippen LogP contribution in [0.4, 0.5) is 0 Å². The molecule has 0 aromatic heterocycles. The van der Waals surface area contributed by atoms with Crippen LogP contribution in [-0.2, 0) is 0 Å². The molecule has 37 heavy (non-hydrogen) atoms. The van der Waals surface area contributed by atoms with E-state index in [0.29, 0.717) is 5.92 Å². The molecule has 1 saturated heterocycles. The molecule has 0 aromatic rings. The van der Waals surface area contributed by atoms with Gasteiger partial charge in [-0.05, 0) is 119 Å². The SMILES string of the molecule is C=C(C)/C(C)=C/C(=N\C)C(=C/C(C)=C1CCC1)/N=C(/C=C\C(=C/C)N1CC[C@H](CC(C)C)C1)C(C)CC. The summed E-state index contributed by atoms with van der Waals surface area (Å²) in [6.45, 7) is 24.1. The van der Waals surface area contributed by atoms with Crippen LogP contribution < -0.4 is 0 Å². The van der Waals surface area contributed by atoms with Crippen molar-refractivity contribution in [3.05, 3.63) is 70.6 Å². The Balaban J connectivity index is 2.46. The first-order chi connectivity index (χ1) is 17.6. The van der Waals surface area contributed by atoms with Gasteiger partial charge < -0.3 is 4.90 Å². The Labute approximate surface area is 228 Å². The van der Waals surface area contributed by atoms with E-state index in [2.05, 4.69) is 95.3 Å². The predicted molar refractivity (Wildman–Crippen MR) is 165 cm³/mol. The Hall–Kier alpha value is -2.42. The second kappa shape index (κ2) is 15.1. The molecule has 2 aliphatic rings. The zero-order valence-corrected chi connectivity index (χ0v) is 25.3. The number of rotatable bonds is 12. The van der Waals surface area contributed by atoms with E-state index >= 15 is 0 Å². The minimum absolute atomic E-state index is 0.353. The summed E-state index contributed by atoms with van der Waals surface area (Å²) in [4.78, 5) is 12.5. The predicted octanol–water partition coefficient (Wildman–Crippen LogP) is 9.28. The molecular formula is C34H53N3. The molecule has 0 N–H and O–H groups in total. The Morgan fingerprint density at radius 1 is 1.11 bits per heavy atom. The summed E-state index contributed by atoms with van der Waals surface area (Å²) >= 11 is 0. The molecule has 3 heteroatoms. The molecule has 0 aromatic carbocycles. The van der Waals surface area contributed by atoms with Crippen LogP contribution in [0.1, 0.15) is 93.9 Å². The van der Waals surface area contributed by atoms with Gasteiger partial charge >= 0.3 is 0 Å². The minimum Gasteiger partial charge on any atom is -0.372 e. The van der Waals surface area contributed by atoms with Crippen molar-refractivity contribution >= 4 is 11.4 Å². The van der Waals surface area contributed by atoms with Crippen molar-refractivity contribution in [2.24, 2.45) is 27.7 Å². The normalized spacial score (nSPS) is 21.2. The fourth-order valence-electron chi connectivity index (χ4n) is 4.94. The average molecular weight is 504 g/mol. The van der Waals surface area contributed by atoms with Crippen LogP contribution in [0.2, 0.25) is 0 Å². The van der Waals surface area contributed by atoms with Crippen LogP contribution in [-0.4, -0.2) is 36.5 Å². The second-order valence-electron chi connectivity index (χ2n) is 11.5. The summed E-state index contributed by atoms with van der Waals surface area (Å²) in [5, 5.41) is 0. The maximum Gasteiger partial charge on any atom is 0.0887 e. The van der Waals surface area contributed by atoms with Gasteiger partial charge in [0.2, 0.25) is 0 Å².